The van der Waals surface area contributed by atoms with Gasteiger partial charge in [0.15, 0.2) is 0 Å². The molecular weight excluding hydrogens is 687 g/mol. The summed E-state index contributed by atoms with van der Waals surface area (Å²) in [4.78, 5) is 2.49. The number of hydrogen-bond donors (Lipinski definition) is 0. The Morgan fingerprint density at radius 2 is 0.877 bits per heavy atom. The summed E-state index contributed by atoms with van der Waals surface area (Å²) in [6.45, 7) is 4.77. The van der Waals surface area contributed by atoms with Crippen LogP contribution in [0.2, 0.25) is 0 Å². The molecule has 0 radical (unpaired) electrons. The second kappa shape index (κ2) is 12.8. The largest absolute Gasteiger partial charge is 0.310 e. The van der Waals surface area contributed by atoms with E-state index < -0.39 is 5.41 Å². The number of rotatable bonds is 6. The molecule has 9 aromatic carbocycles. The summed E-state index contributed by atoms with van der Waals surface area (Å²) in [5, 5.41) is 2.54. The molecule has 11 rings (SSSR count). The molecule has 0 bridgehead atoms. The molecule has 1 nitrogen and oxygen atoms in total. The van der Waals surface area contributed by atoms with Crippen LogP contribution in [0.3, 0.4) is 0 Å². The molecule has 0 spiro atoms. The van der Waals surface area contributed by atoms with Gasteiger partial charge in [0.05, 0.1) is 11.1 Å². The van der Waals surface area contributed by atoms with Gasteiger partial charge in [0.25, 0.3) is 0 Å². The number of fused-ring (bicyclic) bond motifs is 8. The van der Waals surface area contributed by atoms with E-state index in [0.717, 1.165) is 17.1 Å². The van der Waals surface area contributed by atoms with Crippen LogP contribution in [0.4, 0.5) is 17.1 Å². The zero-order valence-corrected chi connectivity index (χ0v) is 32.2. The Kier molecular flexibility index (Phi) is 7.50. The molecule has 270 valence electrons. The highest BCUT2D eigenvalue weighted by Gasteiger charge is 2.46. The Balaban J connectivity index is 1.18. The lowest BCUT2D eigenvalue weighted by Gasteiger charge is -2.35. The van der Waals surface area contributed by atoms with E-state index >= 15 is 0 Å². The summed E-state index contributed by atoms with van der Waals surface area (Å²) < 4.78 is 0. The van der Waals surface area contributed by atoms with Gasteiger partial charge in [-0.05, 0) is 102 Å². The van der Waals surface area contributed by atoms with Crippen molar-refractivity contribution in [1.82, 2.24) is 0 Å². The molecule has 9 aromatic rings. The van der Waals surface area contributed by atoms with Gasteiger partial charge >= 0.3 is 0 Å². The minimum atomic E-state index is -0.497. The molecule has 2 aliphatic carbocycles. The van der Waals surface area contributed by atoms with Crippen LogP contribution in [0.1, 0.15) is 47.2 Å². The molecule has 0 saturated carbocycles. The SMILES string of the molecule is CC1(C)c2ccccc2-c2ccc3c(N(c4ccc(-c5ccccc5)cc4)c4ccc5c(c4)C(c4ccccc4)(c4ccccc4)c4ccccc4-5)cccc3c21. The zero-order chi connectivity index (χ0) is 38.1. The Labute approximate surface area is 335 Å². The molecule has 0 aromatic heterocycles. The summed E-state index contributed by atoms with van der Waals surface area (Å²) in [5.41, 5.74) is 18.4. The average Bonchev–Trinajstić information content (AvgIpc) is 3.70. The fourth-order valence-electron chi connectivity index (χ4n) is 10.3. The third-order valence-corrected chi connectivity index (χ3v) is 12.7. The van der Waals surface area contributed by atoms with Crippen molar-refractivity contribution in [2.24, 2.45) is 0 Å². The summed E-state index contributed by atoms with van der Waals surface area (Å²) in [5.74, 6) is 0. The lowest BCUT2D eigenvalue weighted by atomic mass is 9.67. The molecule has 0 saturated heterocycles. The number of hydrogen-bond acceptors (Lipinski definition) is 1. The van der Waals surface area contributed by atoms with Gasteiger partial charge in [0.1, 0.15) is 0 Å². The Morgan fingerprint density at radius 1 is 0.351 bits per heavy atom. The third-order valence-electron chi connectivity index (χ3n) is 12.7. The van der Waals surface area contributed by atoms with E-state index in [9.17, 15) is 0 Å². The Morgan fingerprint density at radius 3 is 1.56 bits per heavy atom. The van der Waals surface area contributed by atoms with E-state index in [1.807, 2.05) is 0 Å². The van der Waals surface area contributed by atoms with Gasteiger partial charge < -0.3 is 4.90 Å². The second-order valence-corrected chi connectivity index (χ2v) is 16.0. The lowest BCUT2D eigenvalue weighted by Crippen LogP contribution is -2.28. The summed E-state index contributed by atoms with van der Waals surface area (Å²) in [6, 6.07) is 78.7. The molecule has 1 heteroatoms. The Hall–Kier alpha value is -6.96. The van der Waals surface area contributed by atoms with Crippen LogP contribution in [0, 0.1) is 0 Å². The lowest BCUT2D eigenvalue weighted by molar-refractivity contribution is 0.666. The van der Waals surface area contributed by atoms with Crippen molar-refractivity contribution in [2.45, 2.75) is 24.7 Å². The smallest absolute Gasteiger partial charge is 0.0714 e. The van der Waals surface area contributed by atoms with Crippen molar-refractivity contribution in [1.29, 1.82) is 0 Å². The van der Waals surface area contributed by atoms with Gasteiger partial charge in [-0.15, -0.1) is 0 Å². The summed E-state index contributed by atoms with van der Waals surface area (Å²) in [7, 11) is 0. The molecular formula is C56H41N. The fraction of sp³-hybridized carbons (Fsp3) is 0.0714. The first-order valence-electron chi connectivity index (χ1n) is 20.0. The second-order valence-electron chi connectivity index (χ2n) is 16.0. The first kappa shape index (κ1) is 33.4. The quantitative estimate of drug-likeness (QED) is 0.165. The number of benzene rings is 9. The first-order valence-corrected chi connectivity index (χ1v) is 20.0. The van der Waals surface area contributed by atoms with Gasteiger partial charge in [-0.3, -0.25) is 0 Å². The van der Waals surface area contributed by atoms with Crippen molar-refractivity contribution < 1.29 is 0 Å². The summed E-state index contributed by atoms with van der Waals surface area (Å²) >= 11 is 0. The minimum Gasteiger partial charge on any atom is -0.310 e. The van der Waals surface area contributed by atoms with Crippen LogP contribution in [0.25, 0.3) is 44.2 Å². The van der Waals surface area contributed by atoms with Crippen molar-refractivity contribution in [3.63, 3.8) is 0 Å². The molecule has 0 N–H and O–H groups in total. The van der Waals surface area contributed by atoms with Crippen molar-refractivity contribution in [3.8, 4) is 33.4 Å². The zero-order valence-electron chi connectivity index (χ0n) is 32.2. The molecule has 0 heterocycles. The van der Waals surface area contributed by atoms with E-state index in [4.69, 9.17) is 0 Å². The maximum Gasteiger partial charge on any atom is 0.0714 e. The number of nitrogens with zero attached hydrogens (tertiary/aromatic N) is 1. The van der Waals surface area contributed by atoms with Crippen LogP contribution in [-0.2, 0) is 10.8 Å². The van der Waals surface area contributed by atoms with Gasteiger partial charge in [-0.25, -0.2) is 0 Å². The van der Waals surface area contributed by atoms with Gasteiger partial charge in [-0.1, -0.05) is 196 Å². The normalized spacial score (nSPS) is 14.1. The van der Waals surface area contributed by atoms with E-state index in [0.29, 0.717) is 0 Å². The number of anilines is 3. The van der Waals surface area contributed by atoms with E-state index in [1.54, 1.807) is 0 Å². The third kappa shape index (κ3) is 4.89. The van der Waals surface area contributed by atoms with E-state index in [1.165, 1.54) is 77.5 Å². The van der Waals surface area contributed by atoms with Gasteiger partial charge in [-0.2, -0.15) is 0 Å². The molecule has 0 unspecified atom stereocenters. The minimum absolute atomic E-state index is 0.128. The van der Waals surface area contributed by atoms with E-state index in [2.05, 4.69) is 231 Å². The van der Waals surface area contributed by atoms with Crippen molar-refractivity contribution >= 4 is 27.8 Å². The van der Waals surface area contributed by atoms with Crippen LogP contribution >= 0.6 is 0 Å². The highest BCUT2D eigenvalue weighted by atomic mass is 15.1. The fourth-order valence-corrected chi connectivity index (χ4v) is 10.3. The molecule has 0 amide bonds. The first-order chi connectivity index (χ1) is 28.0. The van der Waals surface area contributed by atoms with Gasteiger partial charge in [0, 0.05) is 22.2 Å². The average molecular weight is 728 g/mol. The van der Waals surface area contributed by atoms with E-state index in [-0.39, 0.29) is 5.41 Å². The van der Waals surface area contributed by atoms with Crippen LogP contribution in [-0.4, -0.2) is 0 Å². The van der Waals surface area contributed by atoms with Crippen LogP contribution in [0.15, 0.2) is 212 Å². The molecule has 0 fully saturated rings. The van der Waals surface area contributed by atoms with Crippen molar-refractivity contribution in [2.75, 3.05) is 4.90 Å². The topological polar surface area (TPSA) is 3.24 Å². The van der Waals surface area contributed by atoms with Crippen LogP contribution in [0.5, 0.6) is 0 Å². The van der Waals surface area contributed by atoms with Gasteiger partial charge in [0.2, 0.25) is 0 Å². The molecule has 2 aliphatic rings. The summed E-state index contributed by atoms with van der Waals surface area (Å²) in [6.07, 6.45) is 0. The predicted molar refractivity (Wildman–Crippen MR) is 239 cm³/mol. The Bertz CT molecular complexity index is 2920. The highest BCUT2D eigenvalue weighted by molar-refractivity contribution is 6.05. The van der Waals surface area contributed by atoms with Crippen molar-refractivity contribution in [3.05, 3.63) is 246 Å². The molecule has 0 aliphatic heterocycles. The monoisotopic (exact) mass is 727 g/mol. The maximum atomic E-state index is 2.49. The van der Waals surface area contributed by atoms with Crippen LogP contribution < -0.4 is 4.90 Å². The molecule has 0 atom stereocenters. The standard InChI is InChI=1S/C56H41N/c1-55(2)50-26-14-12-24-45(50)49-36-35-47-48(54(49)55)25-16-28-53(47)57(42-31-29-39(30-32-42)38-17-6-3-7-18-38)43-33-34-46-44-23-13-15-27-51(44)56(52(46)37-43,40-19-8-4-9-20-40)41-21-10-5-11-22-41/h3-37H,1-2H3. The highest BCUT2D eigenvalue weighted by Crippen LogP contribution is 2.58. The maximum absolute atomic E-state index is 2.49. The predicted octanol–water partition coefficient (Wildman–Crippen LogP) is 14.6. The molecule has 57 heavy (non-hydrogen) atoms.